The highest BCUT2D eigenvalue weighted by atomic mass is 35.5. The van der Waals surface area contributed by atoms with Crippen LogP contribution in [-0.2, 0) is 9.84 Å². The van der Waals surface area contributed by atoms with E-state index in [0.29, 0.717) is 21.1 Å². The maximum absolute atomic E-state index is 13.5. The van der Waals surface area contributed by atoms with Crippen molar-refractivity contribution in [3.63, 3.8) is 0 Å². The first-order chi connectivity index (χ1) is 13.3. The molecule has 1 heterocycles. The van der Waals surface area contributed by atoms with Crippen LogP contribution in [0.5, 0.6) is 0 Å². The Hall–Kier alpha value is -2.05. The molecule has 0 saturated heterocycles. The van der Waals surface area contributed by atoms with Crippen molar-refractivity contribution < 1.29 is 13.5 Å². The minimum absolute atomic E-state index is 0.152. The van der Waals surface area contributed by atoms with Crippen LogP contribution in [0.4, 0.5) is 0 Å². The van der Waals surface area contributed by atoms with Crippen LogP contribution >= 0.6 is 23.2 Å². The van der Waals surface area contributed by atoms with Crippen LogP contribution in [0.15, 0.2) is 71.6 Å². The highest BCUT2D eigenvalue weighted by Gasteiger charge is 2.35. The number of fused-ring (bicyclic) bond motifs is 3. The molecule has 0 aliphatic heterocycles. The van der Waals surface area contributed by atoms with Crippen molar-refractivity contribution in [2.24, 2.45) is 0 Å². The van der Waals surface area contributed by atoms with E-state index in [2.05, 4.69) is 0 Å². The van der Waals surface area contributed by atoms with Gasteiger partial charge in [-0.3, -0.25) is 0 Å². The summed E-state index contributed by atoms with van der Waals surface area (Å²) in [5.41, 5.74) is 1.32. The average Bonchev–Trinajstić information content (AvgIpc) is 2.95. The van der Waals surface area contributed by atoms with Gasteiger partial charge >= 0.3 is 0 Å². The van der Waals surface area contributed by atoms with Gasteiger partial charge in [-0.15, -0.1) is 0 Å². The van der Waals surface area contributed by atoms with Crippen molar-refractivity contribution in [3.05, 3.63) is 76.8 Å². The van der Waals surface area contributed by atoms with Crippen LogP contribution in [0.25, 0.3) is 21.8 Å². The zero-order valence-corrected chi connectivity index (χ0v) is 17.2. The van der Waals surface area contributed by atoms with Gasteiger partial charge in [-0.1, -0.05) is 41.4 Å². The molecule has 1 aromatic heterocycles. The minimum Gasteiger partial charge on any atom is -0.390 e. The second-order valence-corrected chi connectivity index (χ2v) is 9.60. The molecule has 0 saturated carbocycles. The van der Waals surface area contributed by atoms with E-state index in [1.54, 1.807) is 59.2 Å². The number of benzene rings is 3. The average molecular weight is 434 g/mol. The van der Waals surface area contributed by atoms with Crippen molar-refractivity contribution >= 4 is 54.8 Å². The van der Waals surface area contributed by atoms with Crippen molar-refractivity contribution in [1.29, 1.82) is 0 Å². The summed E-state index contributed by atoms with van der Waals surface area (Å²) in [5.74, 6) is 0. The number of aromatic nitrogens is 1. The predicted molar refractivity (Wildman–Crippen MR) is 114 cm³/mol. The lowest BCUT2D eigenvalue weighted by molar-refractivity contribution is 0.167. The van der Waals surface area contributed by atoms with Crippen LogP contribution in [0.2, 0.25) is 10.0 Å². The molecule has 0 spiro atoms. The Morgan fingerprint density at radius 1 is 0.857 bits per heavy atom. The lowest BCUT2D eigenvalue weighted by Gasteiger charge is -2.24. The summed E-state index contributed by atoms with van der Waals surface area (Å²) in [7, 11) is -3.88. The number of aliphatic hydroxyl groups excluding tert-OH is 1. The topological polar surface area (TPSA) is 59.3 Å². The first-order valence-electron chi connectivity index (χ1n) is 8.66. The van der Waals surface area contributed by atoms with E-state index in [0.717, 1.165) is 10.8 Å². The monoisotopic (exact) mass is 433 g/mol. The Labute approximate surface area is 172 Å². The van der Waals surface area contributed by atoms with E-state index in [1.807, 2.05) is 0 Å². The number of nitrogens with zero attached hydrogens (tertiary/aromatic N) is 1. The van der Waals surface area contributed by atoms with Gasteiger partial charge in [-0.2, -0.15) is 0 Å². The van der Waals surface area contributed by atoms with Gasteiger partial charge < -0.3 is 9.67 Å². The zero-order valence-electron chi connectivity index (χ0n) is 14.9. The third kappa shape index (κ3) is 3.08. The molecule has 0 radical (unpaired) electrons. The standard InChI is InChI=1S/C21H17Cl2NO3S/c1-13(25)21(28(26,27)16-5-3-2-4-6-16)24-19-9-7-14(22)11-17(19)18-12-15(23)8-10-20(18)24/h2-13,21,25H,1H3. The molecule has 0 aliphatic carbocycles. The first kappa shape index (κ1) is 19.3. The molecule has 1 N–H and O–H groups in total. The summed E-state index contributed by atoms with van der Waals surface area (Å²) < 4.78 is 28.6. The number of rotatable bonds is 4. The van der Waals surface area contributed by atoms with E-state index in [-0.39, 0.29) is 4.90 Å². The normalized spacial score (nSPS) is 14.4. The van der Waals surface area contributed by atoms with E-state index < -0.39 is 21.3 Å². The van der Waals surface area contributed by atoms with Gasteiger partial charge in [-0.05, 0) is 55.5 Å². The Balaban J connectivity index is 2.10. The van der Waals surface area contributed by atoms with Gasteiger partial charge in [-0.25, -0.2) is 8.42 Å². The highest BCUT2D eigenvalue weighted by molar-refractivity contribution is 7.91. The van der Waals surface area contributed by atoms with Crippen LogP contribution in [0, 0.1) is 0 Å². The van der Waals surface area contributed by atoms with E-state index in [9.17, 15) is 13.5 Å². The fraction of sp³-hybridized carbons (Fsp3) is 0.143. The molecule has 0 fully saturated rings. The van der Waals surface area contributed by atoms with E-state index in [1.165, 1.54) is 19.1 Å². The van der Waals surface area contributed by atoms with Crippen LogP contribution in [0.1, 0.15) is 12.3 Å². The predicted octanol–water partition coefficient (Wildman–Crippen LogP) is 5.45. The second kappa shape index (κ2) is 7.08. The van der Waals surface area contributed by atoms with E-state index in [4.69, 9.17) is 23.2 Å². The molecule has 4 rings (SSSR count). The fourth-order valence-electron chi connectivity index (χ4n) is 3.64. The van der Waals surface area contributed by atoms with Crippen molar-refractivity contribution in [1.82, 2.24) is 4.57 Å². The van der Waals surface area contributed by atoms with Gasteiger partial charge in [0.15, 0.2) is 5.37 Å². The summed E-state index contributed by atoms with van der Waals surface area (Å²) in [6.45, 7) is 1.48. The van der Waals surface area contributed by atoms with Gasteiger partial charge in [0.1, 0.15) is 0 Å². The molecule has 4 nitrogen and oxygen atoms in total. The molecule has 2 atom stereocenters. The van der Waals surface area contributed by atoms with Gasteiger partial charge in [0, 0.05) is 20.8 Å². The Kier molecular flexibility index (Phi) is 4.88. The molecule has 144 valence electrons. The summed E-state index contributed by atoms with van der Waals surface area (Å²) in [6, 6.07) is 18.6. The SMILES string of the molecule is CC(O)C(n1c2ccc(Cl)cc2c2cc(Cl)ccc21)S(=O)(=O)c1ccccc1. The molecular formula is C21H17Cl2NO3S. The van der Waals surface area contributed by atoms with E-state index >= 15 is 0 Å². The van der Waals surface area contributed by atoms with Crippen LogP contribution in [-0.4, -0.2) is 24.2 Å². The van der Waals surface area contributed by atoms with Gasteiger partial charge in [0.25, 0.3) is 0 Å². The molecule has 7 heteroatoms. The molecule has 2 unspecified atom stereocenters. The quantitative estimate of drug-likeness (QED) is 0.465. The molecule has 0 bridgehead atoms. The fourth-order valence-corrected chi connectivity index (χ4v) is 5.82. The van der Waals surface area contributed by atoms with Crippen molar-refractivity contribution in [3.8, 4) is 0 Å². The molecule has 3 aromatic carbocycles. The molecule has 4 aromatic rings. The largest absolute Gasteiger partial charge is 0.390 e. The number of halogens is 2. The first-order valence-corrected chi connectivity index (χ1v) is 11.0. The van der Waals surface area contributed by atoms with Crippen molar-refractivity contribution in [2.75, 3.05) is 0 Å². The third-order valence-electron chi connectivity index (χ3n) is 4.78. The summed E-state index contributed by atoms with van der Waals surface area (Å²) in [5, 5.41) is 12.0. The maximum atomic E-state index is 13.5. The lowest BCUT2D eigenvalue weighted by atomic mass is 10.1. The van der Waals surface area contributed by atoms with Crippen LogP contribution in [0.3, 0.4) is 0 Å². The number of hydrogen-bond donors (Lipinski definition) is 1. The smallest absolute Gasteiger partial charge is 0.202 e. The number of sulfone groups is 1. The highest BCUT2D eigenvalue weighted by Crippen LogP contribution is 2.39. The number of aliphatic hydroxyl groups is 1. The Morgan fingerprint density at radius 2 is 1.36 bits per heavy atom. The minimum atomic E-state index is -3.88. The summed E-state index contributed by atoms with van der Waals surface area (Å²) in [4.78, 5) is 0.152. The van der Waals surface area contributed by atoms with Crippen molar-refractivity contribution in [2.45, 2.75) is 23.3 Å². The lowest BCUT2D eigenvalue weighted by Crippen LogP contribution is -2.29. The second-order valence-electron chi connectivity index (χ2n) is 6.68. The van der Waals surface area contributed by atoms with Crippen LogP contribution < -0.4 is 0 Å². The zero-order chi connectivity index (χ0) is 20.1. The third-order valence-corrected chi connectivity index (χ3v) is 7.42. The Morgan fingerprint density at radius 3 is 1.82 bits per heavy atom. The molecule has 0 amide bonds. The Bertz CT molecular complexity index is 1220. The number of hydrogen-bond acceptors (Lipinski definition) is 3. The molecule has 28 heavy (non-hydrogen) atoms. The maximum Gasteiger partial charge on any atom is 0.202 e. The van der Waals surface area contributed by atoms with Gasteiger partial charge in [0.2, 0.25) is 9.84 Å². The summed E-state index contributed by atoms with van der Waals surface area (Å²) >= 11 is 12.4. The van der Waals surface area contributed by atoms with Gasteiger partial charge in [0.05, 0.1) is 22.0 Å². The summed E-state index contributed by atoms with van der Waals surface area (Å²) in [6.07, 6.45) is -1.16. The molecule has 0 aliphatic rings. The molecular weight excluding hydrogens is 417 g/mol.